The molecule has 0 aliphatic heterocycles. The van der Waals surface area contributed by atoms with Crippen LogP contribution in [0.15, 0.2) is 48.5 Å². The zero-order valence-corrected chi connectivity index (χ0v) is 12.9. The fourth-order valence-corrected chi connectivity index (χ4v) is 2.18. The average Bonchev–Trinajstić information content (AvgIpc) is 2.44. The van der Waals surface area contributed by atoms with Gasteiger partial charge in [-0.1, -0.05) is 6.07 Å². The second-order valence-corrected chi connectivity index (χ2v) is 5.21. The predicted octanol–water partition coefficient (Wildman–Crippen LogP) is 3.79. The quantitative estimate of drug-likeness (QED) is 0.621. The van der Waals surface area contributed by atoms with Crippen LogP contribution in [0.3, 0.4) is 0 Å². The molecule has 1 N–H and O–H groups in total. The van der Waals surface area contributed by atoms with E-state index in [0.717, 1.165) is 23.7 Å². The fourth-order valence-electron chi connectivity index (χ4n) is 1.63. The third-order valence-electron chi connectivity index (χ3n) is 2.58. The second-order valence-electron chi connectivity index (χ2n) is 3.96. The first-order valence-electron chi connectivity index (χ1n) is 6.04. The Morgan fingerprint density at radius 3 is 2.47 bits per heavy atom. The van der Waals surface area contributed by atoms with Crippen molar-refractivity contribution in [2.75, 3.05) is 25.6 Å². The third-order valence-corrected chi connectivity index (χ3v) is 3.25. The van der Waals surface area contributed by atoms with Gasteiger partial charge in [0.1, 0.15) is 18.1 Å². The van der Waals surface area contributed by atoms with E-state index in [1.807, 2.05) is 30.3 Å². The molecule has 3 nitrogen and oxygen atoms in total. The van der Waals surface area contributed by atoms with Crippen LogP contribution in [0.1, 0.15) is 0 Å². The lowest BCUT2D eigenvalue weighted by molar-refractivity contribution is 0.332. The number of rotatable bonds is 6. The highest BCUT2D eigenvalue weighted by atomic mass is 127. The predicted molar refractivity (Wildman–Crippen MR) is 86.1 cm³/mol. The van der Waals surface area contributed by atoms with Gasteiger partial charge in [-0.05, 0) is 65.1 Å². The Balaban J connectivity index is 1.74. The zero-order valence-electron chi connectivity index (χ0n) is 10.7. The van der Waals surface area contributed by atoms with Crippen molar-refractivity contribution in [1.82, 2.24) is 0 Å². The normalized spacial score (nSPS) is 10.0. The smallest absolute Gasteiger partial charge is 0.119 e. The van der Waals surface area contributed by atoms with Crippen LogP contribution < -0.4 is 14.8 Å². The van der Waals surface area contributed by atoms with E-state index in [1.54, 1.807) is 7.11 Å². The number of hydrogen-bond acceptors (Lipinski definition) is 3. The molecule has 0 saturated carbocycles. The van der Waals surface area contributed by atoms with Crippen molar-refractivity contribution in [2.45, 2.75) is 0 Å². The number of nitrogens with one attached hydrogen (secondary N) is 1. The lowest BCUT2D eigenvalue weighted by Crippen LogP contribution is -2.11. The maximum absolute atomic E-state index is 5.64. The van der Waals surface area contributed by atoms with Crippen molar-refractivity contribution in [1.29, 1.82) is 0 Å². The zero-order chi connectivity index (χ0) is 13.5. The Hall–Kier alpha value is -1.43. The summed E-state index contributed by atoms with van der Waals surface area (Å²) >= 11 is 2.30. The first-order valence-corrected chi connectivity index (χ1v) is 7.12. The molecule has 0 heterocycles. The van der Waals surface area contributed by atoms with Gasteiger partial charge in [-0.3, -0.25) is 0 Å². The number of anilines is 1. The van der Waals surface area contributed by atoms with Crippen LogP contribution in [0.4, 0.5) is 5.69 Å². The van der Waals surface area contributed by atoms with Crippen LogP contribution >= 0.6 is 22.6 Å². The second kappa shape index (κ2) is 7.23. The summed E-state index contributed by atoms with van der Waals surface area (Å²) in [6.07, 6.45) is 0. The van der Waals surface area contributed by atoms with E-state index in [2.05, 4.69) is 46.1 Å². The molecule has 19 heavy (non-hydrogen) atoms. The van der Waals surface area contributed by atoms with Gasteiger partial charge >= 0.3 is 0 Å². The minimum absolute atomic E-state index is 0.623. The van der Waals surface area contributed by atoms with E-state index in [4.69, 9.17) is 9.47 Å². The van der Waals surface area contributed by atoms with E-state index in [0.29, 0.717) is 6.61 Å². The summed E-state index contributed by atoms with van der Waals surface area (Å²) in [4.78, 5) is 0. The topological polar surface area (TPSA) is 30.5 Å². The molecule has 0 bridgehead atoms. The van der Waals surface area contributed by atoms with Gasteiger partial charge < -0.3 is 14.8 Å². The highest BCUT2D eigenvalue weighted by Gasteiger charge is 1.96. The van der Waals surface area contributed by atoms with E-state index in [-0.39, 0.29) is 0 Å². The number of benzene rings is 2. The Morgan fingerprint density at radius 2 is 1.79 bits per heavy atom. The Kier molecular flexibility index (Phi) is 5.32. The Bertz CT molecular complexity index is 514. The van der Waals surface area contributed by atoms with Crippen molar-refractivity contribution < 1.29 is 9.47 Å². The molecule has 4 heteroatoms. The molecule has 2 rings (SSSR count). The molecule has 0 aliphatic carbocycles. The van der Waals surface area contributed by atoms with Crippen LogP contribution in [-0.4, -0.2) is 20.3 Å². The first kappa shape index (κ1) is 14.0. The van der Waals surface area contributed by atoms with Gasteiger partial charge in [-0.25, -0.2) is 0 Å². The first-order chi connectivity index (χ1) is 9.28. The summed E-state index contributed by atoms with van der Waals surface area (Å²) in [5, 5.41) is 3.32. The summed E-state index contributed by atoms with van der Waals surface area (Å²) in [6, 6.07) is 15.9. The molecule has 0 fully saturated rings. The Labute approximate surface area is 127 Å². The van der Waals surface area contributed by atoms with Gasteiger partial charge in [0.15, 0.2) is 0 Å². The van der Waals surface area contributed by atoms with Crippen molar-refractivity contribution in [3.05, 3.63) is 52.1 Å². The fraction of sp³-hybridized carbons (Fsp3) is 0.200. The largest absolute Gasteiger partial charge is 0.497 e. The van der Waals surface area contributed by atoms with Crippen LogP contribution in [0, 0.1) is 3.57 Å². The van der Waals surface area contributed by atoms with Gasteiger partial charge in [-0.2, -0.15) is 0 Å². The molecule has 0 unspecified atom stereocenters. The van der Waals surface area contributed by atoms with Gasteiger partial charge in [0, 0.05) is 15.8 Å². The van der Waals surface area contributed by atoms with Gasteiger partial charge in [0.05, 0.1) is 7.11 Å². The number of hydrogen-bond donors (Lipinski definition) is 1. The SMILES string of the molecule is COc1ccc(OCCNc2cccc(I)c2)cc1. The average molecular weight is 369 g/mol. The molecule has 100 valence electrons. The minimum atomic E-state index is 0.623. The maximum atomic E-state index is 5.64. The molecular formula is C15H16INO2. The van der Waals surface area contributed by atoms with E-state index in [1.165, 1.54) is 3.57 Å². The summed E-state index contributed by atoms with van der Waals surface area (Å²) in [5.41, 5.74) is 1.12. The van der Waals surface area contributed by atoms with Crippen LogP contribution in [0.5, 0.6) is 11.5 Å². The molecular weight excluding hydrogens is 353 g/mol. The summed E-state index contributed by atoms with van der Waals surface area (Å²) in [6.45, 7) is 1.39. The van der Waals surface area contributed by atoms with Gasteiger partial charge in [-0.15, -0.1) is 0 Å². The van der Waals surface area contributed by atoms with Crippen LogP contribution in [0.2, 0.25) is 0 Å². The van der Waals surface area contributed by atoms with E-state index < -0.39 is 0 Å². The molecule has 0 saturated heterocycles. The van der Waals surface area contributed by atoms with Crippen LogP contribution in [-0.2, 0) is 0 Å². The summed E-state index contributed by atoms with van der Waals surface area (Å²) in [5.74, 6) is 1.69. The lowest BCUT2D eigenvalue weighted by atomic mass is 10.3. The van der Waals surface area contributed by atoms with Gasteiger partial charge in [0.2, 0.25) is 0 Å². The minimum Gasteiger partial charge on any atom is -0.497 e. The van der Waals surface area contributed by atoms with Gasteiger partial charge in [0.25, 0.3) is 0 Å². The van der Waals surface area contributed by atoms with E-state index in [9.17, 15) is 0 Å². The third kappa shape index (κ3) is 4.63. The summed E-state index contributed by atoms with van der Waals surface area (Å²) in [7, 11) is 1.65. The number of methoxy groups -OCH3 is 1. The molecule has 2 aromatic carbocycles. The lowest BCUT2D eigenvalue weighted by Gasteiger charge is -2.09. The Morgan fingerprint density at radius 1 is 1.05 bits per heavy atom. The molecule has 2 aromatic rings. The van der Waals surface area contributed by atoms with Crippen molar-refractivity contribution in [3.63, 3.8) is 0 Å². The molecule has 0 radical (unpaired) electrons. The monoisotopic (exact) mass is 369 g/mol. The van der Waals surface area contributed by atoms with Crippen LogP contribution in [0.25, 0.3) is 0 Å². The van der Waals surface area contributed by atoms with Crippen molar-refractivity contribution >= 4 is 28.3 Å². The maximum Gasteiger partial charge on any atom is 0.119 e. The molecule has 0 aliphatic rings. The molecule has 0 amide bonds. The highest BCUT2D eigenvalue weighted by Crippen LogP contribution is 2.17. The summed E-state index contributed by atoms with van der Waals surface area (Å²) < 4.78 is 12.0. The number of halogens is 1. The molecule has 0 atom stereocenters. The van der Waals surface area contributed by atoms with Crippen molar-refractivity contribution in [3.8, 4) is 11.5 Å². The number of ether oxygens (including phenoxy) is 2. The van der Waals surface area contributed by atoms with E-state index >= 15 is 0 Å². The molecule has 0 spiro atoms. The standard InChI is InChI=1S/C15H16INO2/c1-18-14-5-7-15(8-6-14)19-10-9-17-13-4-2-3-12(16)11-13/h2-8,11,17H,9-10H2,1H3. The molecule has 0 aromatic heterocycles. The highest BCUT2D eigenvalue weighted by molar-refractivity contribution is 14.1. The van der Waals surface area contributed by atoms with Crippen molar-refractivity contribution in [2.24, 2.45) is 0 Å².